The lowest BCUT2D eigenvalue weighted by atomic mass is 10.1. The summed E-state index contributed by atoms with van der Waals surface area (Å²) in [5, 5.41) is 8.87. The van der Waals surface area contributed by atoms with Crippen molar-refractivity contribution in [1.82, 2.24) is 0 Å². The zero-order valence-electron chi connectivity index (χ0n) is 9.47. The molecule has 0 atom stereocenters. The summed E-state index contributed by atoms with van der Waals surface area (Å²) in [6, 6.07) is 4.52. The van der Waals surface area contributed by atoms with E-state index in [1.165, 1.54) is 38.5 Å². The van der Waals surface area contributed by atoms with E-state index >= 15 is 0 Å². The van der Waals surface area contributed by atoms with Crippen molar-refractivity contribution < 1.29 is 24.2 Å². The highest BCUT2D eigenvalue weighted by atomic mass is 16.5. The number of rotatable bonds is 4. The Bertz CT molecular complexity index is 462. The lowest BCUT2D eigenvalue weighted by molar-refractivity contribution is -0.134. The van der Waals surface area contributed by atoms with Gasteiger partial charge >= 0.3 is 11.9 Å². The van der Waals surface area contributed by atoms with Gasteiger partial charge in [-0.05, 0) is 23.8 Å². The molecule has 0 amide bonds. The lowest BCUT2D eigenvalue weighted by Gasteiger charge is -2.05. The molecule has 17 heavy (non-hydrogen) atoms. The quantitative estimate of drug-likeness (QED) is 0.634. The third kappa shape index (κ3) is 3.34. The van der Waals surface area contributed by atoms with Gasteiger partial charge in [0.05, 0.1) is 14.2 Å². The molecule has 90 valence electrons. The smallest absolute Gasteiger partial charge is 0.339 e. The number of hydrogen-bond donors (Lipinski definition) is 1. The van der Waals surface area contributed by atoms with Crippen LogP contribution in [0.3, 0.4) is 0 Å². The van der Waals surface area contributed by atoms with E-state index in [4.69, 9.17) is 9.84 Å². The molecular weight excluding hydrogens is 224 g/mol. The van der Waals surface area contributed by atoms with Crippen LogP contribution in [-0.4, -0.2) is 31.3 Å². The normalized spacial score (nSPS) is 10.2. The molecular formula is C12H12O5. The third-order valence-corrected chi connectivity index (χ3v) is 2.07. The van der Waals surface area contributed by atoms with Crippen LogP contribution in [0.25, 0.3) is 6.08 Å². The summed E-state index contributed by atoms with van der Waals surface area (Å²) in [6.07, 6.45) is 2.76. The van der Waals surface area contributed by atoms with Gasteiger partial charge in [0.2, 0.25) is 0 Å². The molecule has 0 radical (unpaired) electrons. The molecule has 0 unspecified atom stereocenters. The van der Waals surface area contributed by atoms with Crippen LogP contribution in [-0.2, 0) is 9.53 Å². The molecule has 0 saturated carbocycles. The first-order valence-corrected chi connectivity index (χ1v) is 4.76. The molecule has 0 aromatic heterocycles. The van der Waals surface area contributed by atoms with E-state index in [2.05, 4.69) is 4.74 Å². The zero-order valence-corrected chi connectivity index (χ0v) is 9.47. The van der Waals surface area contributed by atoms with E-state index < -0.39 is 11.9 Å². The van der Waals surface area contributed by atoms with Crippen molar-refractivity contribution in [1.29, 1.82) is 0 Å². The van der Waals surface area contributed by atoms with Crippen LogP contribution < -0.4 is 4.74 Å². The van der Waals surface area contributed by atoms with E-state index in [0.29, 0.717) is 5.56 Å². The van der Waals surface area contributed by atoms with Gasteiger partial charge in [-0.1, -0.05) is 6.07 Å². The maximum absolute atomic E-state index is 10.9. The Morgan fingerprint density at radius 1 is 1.29 bits per heavy atom. The second-order valence-electron chi connectivity index (χ2n) is 3.12. The minimum atomic E-state index is -1.06. The molecule has 1 rings (SSSR count). The SMILES string of the molecule is COC(=O)C=Cc1ccc(C(=O)O)c(OC)c1. The average Bonchev–Trinajstić information content (AvgIpc) is 2.35. The number of hydrogen-bond acceptors (Lipinski definition) is 4. The number of benzene rings is 1. The van der Waals surface area contributed by atoms with Gasteiger partial charge in [0.25, 0.3) is 0 Å². The fraction of sp³-hybridized carbons (Fsp3) is 0.167. The van der Waals surface area contributed by atoms with Crippen LogP contribution in [0.2, 0.25) is 0 Å². The first kappa shape index (κ1) is 12.8. The van der Waals surface area contributed by atoms with Crippen LogP contribution >= 0.6 is 0 Å². The molecule has 0 aliphatic rings. The summed E-state index contributed by atoms with van der Waals surface area (Å²) in [7, 11) is 2.66. The zero-order chi connectivity index (χ0) is 12.8. The van der Waals surface area contributed by atoms with Gasteiger partial charge in [0, 0.05) is 6.08 Å². The number of carbonyl (C=O) groups excluding carboxylic acids is 1. The molecule has 0 aliphatic heterocycles. The minimum Gasteiger partial charge on any atom is -0.496 e. The largest absolute Gasteiger partial charge is 0.496 e. The number of carboxylic acid groups (broad SMARTS) is 1. The fourth-order valence-corrected chi connectivity index (χ4v) is 1.22. The molecule has 1 N–H and O–H groups in total. The third-order valence-electron chi connectivity index (χ3n) is 2.07. The Hall–Kier alpha value is -2.30. The van der Waals surface area contributed by atoms with Crippen molar-refractivity contribution in [2.24, 2.45) is 0 Å². The molecule has 0 fully saturated rings. The average molecular weight is 236 g/mol. The standard InChI is InChI=1S/C12H12O5/c1-16-10-7-8(4-6-11(13)17-2)3-5-9(10)12(14)15/h3-7H,1-2H3,(H,14,15). The van der Waals surface area contributed by atoms with Crippen molar-refractivity contribution in [2.75, 3.05) is 14.2 Å². The monoisotopic (exact) mass is 236 g/mol. The predicted molar refractivity (Wildman–Crippen MR) is 61.0 cm³/mol. The molecule has 0 heterocycles. The summed E-state index contributed by atoms with van der Waals surface area (Å²) in [6.45, 7) is 0. The second-order valence-corrected chi connectivity index (χ2v) is 3.12. The van der Waals surface area contributed by atoms with Crippen LogP contribution in [0.4, 0.5) is 0 Å². The van der Waals surface area contributed by atoms with Crippen LogP contribution in [0, 0.1) is 0 Å². The molecule has 5 nitrogen and oxygen atoms in total. The number of ether oxygens (including phenoxy) is 2. The van der Waals surface area contributed by atoms with Gasteiger partial charge in [0.1, 0.15) is 11.3 Å². The predicted octanol–water partition coefficient (Wildman–Crippen LogP) is 1.58. The molecule has 0 bridgehead atoms. The van der Waals surface area contributed by atoms with Crippen LogP contribution in [0.15, 0.2) is 24.3 Å². The Balaban J connectivity index is 3.01. The summed E-state index contributed by atoms with van der Waals surface area (Å²) in [5.74, 6) is -1.30. The van der Waals surface area contributed by atoms with E-state index in [1.807, 2.05) is 0 Å². The maximum atomic E-state index is 10.9. The van der Waals surface area contributed by atoms with Crippen molar-refractivity contribution in [2.45, 2.75) is 0 Å². The van der Waals surface area contributed by atoms with Crippen molar-refractivity contribution in [3.8, 4) is 5.75 Å². The van der Waals surface area contributed by atoms with E-state index in [-0.39, 0.29) is 11.3 Å². The highest BCUT2D eigenvalue weighted by Crippen LogP contribution is 2.20. The van der Waals surface area contributed by atoms with Gasteiger partial charge in [-0.25, -0.2) is 9.59 Å². The first-order valence-electron chi connectivity index (χ1n) is 4.76. The van der Waals surface area contributed by atoms with Gasteiger partial charge in [-0.2, -0.15) is 0 Å². The fourth-order valence-electron chi connectivity index (χ4n) is 1.22. The number of methoxy groups -OCH3 is 2. The lowest BCUT2D eigenvalue weighted by Crippen LogP contribution is -2.00. The molecule has 1 aromatic rings. The Labute approximate surface area is 98.3 Å². The second kappa shape index (κ2) is 5.69. The Morgan fingerprint density at radius 3 is 2.53 bits per heavy atom. The van der Waals surface area contributed by atoms with Crippen LogP contribution in [0.1, 0.15) is 15.9 Å². The summed E-state index contributed by atoms with van der Waals surface area (Å²) < 4.78 is 9.39. The number of carbonyl (C=O) groups is 2. The first-order chi connectivity index (χ1) is 8.08. The number of carboxylic acids is 1. The number of esters is 1. The summed E-state index contributed by atoms with van der Waals surface area (Å²) >= 11 is 0. The van der Waals surface area contributed by atoms with Crippen molar-refractivity contribution >= 4 is 18.0 Å². The summed E-state index contributed by atoms with van der Waals surface area (Å²) in [4.78, 5) is 21.7. The topological polar surface area (TPSA) is 72.8 Å². The molecule has 0 saturated heterocycles. The molecule has 0 spiro atoms. The van der Waals surface area contributed by atoms with Gasteiger partial charge in [-0.15, -0.1) is 0 Å². The van der Waals surface area contributed by atoms with Gasteiger partial charge in [0.15, 0.2) is 0 Å². The van der Waals surface area contributed by atoms with Crippen LogP contribution in [0.5, 0.6) is 5.75 Å². The Morgan fingerprint density at radius 2 is 2.00 bits per heavy atom. The van der Waals surface area contributed by atoms with Crippen molar-refractivity contribution in [3.05, 3.63) is 35.4 Å². The Kier molecular flexibility index (Phi) is 4.28. The number of aromatic carboxylic acids is 1. The van der Waals surface area contributed by atoms with E-state index in [9.17, 15) is 9.59 Å². The highest BCUT2D eigenvalue weighted by molar-refractivity contribution is 5.92. The van der Waals surface area contributed by atoms with Gasteiger partial charge < -0.3 is 14.6 Å². The van der Waals surface area contributed by atoms with E-state index in [1.54, 1.807) is 6.07 Å². The van der Waals surface area contributed by atoms with E-state index in [0.717, 1.165) is 0 Å². The maximum Gasteiger partial charge on any atom is 0.339 e. The summed E-state index contributed by atoms with van der Waals surface area (Å²) in [5.41, 5.74) is 0.722. The van der Waals surface area contributed by atoms with Crippen molar-refractivity contribution in [3.63, 3.8) is 0 Å². The highest BCUT2D eigenvalue weighted by Gasteiger charge is 2.10. The minimum absolute atomic E-state index is 0.0720. The molecule has 1 aromatic carbocycles. The molecule has 0 aliphatic carbocycles. The van der Waals surface area contributed by atoms with Gasteiger partial charge in [-0.3, -0.25) is 0 Å². The molecule has 5 heteroatoms.